The SMILES string of the molecule is CCN(CC)c1ccc(C=CC(=O)c2cc(C(=O)C=Cc3ccc(N(CC)CC)cc3)c(OS(=O)(=O)c3ccc(C)cc3)cc2OS(=O)(=O)c2ccc(C)cc2)cc1. The van der Waals surface area contributed by atoms with E-state index >= 15 is 0 Å². The highest BCUT2D eigenvalue weighted by atomic mass is 32.2. The second-order valence-corrected chi connectivity index (χ2v) is 16.6. The molecule has 0 amide bonds. The molecule has 58 heavy (non-hydrogen) atoms. The van der Waals surface area contributed by atoms with Crippen molar-refractivity contribution in [2.75, 3.05) is 36.0 Å². The van der Waals surface area contributed by atoms with Gasteiger partial charge in [-0.25, -0.2) is 0 Å². The Morgan fingerprint density at radius 1 is 0.500 bits per heavy atom. The van der Waals surface area contributed by atoms with Crippen molar-refractivity contribution in [2.45, 2.75) is 51.3 Å². The molecule has 0 aliphatic heterocycles. The summed E-state index contributed by atoms with van der Waals surface area (Å²) >= 11 is 0. The van der Waals surface area contributed by atoms with Crippen LogP contribution >= 0.6 is 0 Å². The molecule has 0 unspecified atom stereocenters. The van der Waals surface area contributed by atoms with Gasteiger partial charge >= 0.3 is 20.2 Å². The highest BCUT2D eigenvalue weighted by Crippen LogP contribution is 2.35. The molecule has 302 valence electrons. The lowest BCUT2D eigenvalue weighted by Crippen LogP contribution is -2.21. The maximum atomic E-state index is 14.1. The molecule has 0 atom stereocenters. The summed E-state index contributed by atoms with van der Waals surface area (Å²) in [6.07, 6.45) is 5.58. The van der Waals surface area contributed by atoms with E-state index in [2.05, 4.69) is 37.5 Å². The molecule has 10 nitrogen and oxygen atoms in total. The zero-order chi connectivity index (χ0) is 42.0. The Morgan fingerprint density at radius 3 is 1.14 bits per heavy atom. The first-order chi connectivity index (χ1) is 27.7. The van der Waals surface area contributed by atoms with Crippen LogP contribution < -0.4 is 18.2 Å². The van der Waals surface area contributed by atoms with E-state index in [0.717, 1.165) is 60.8 Å². The number of carbonyl (C=O) groups is 2. The van der Waals surface area contributed by atoms with Gasteiger partial charge in [-0.1, -0.05) is 71.8 Å². The van der Waals surface area contributed by atoms with Crippen molar-refractivity contribution in [3.8, 4) is 11.5 Å². The van der Waals surface area contributed by atoms with Crippen molar-refractivity contribution in [3.63, 3.8) is 0 Å². The second-order valence-electron chi connectivity index (χ2n) is 13.5. The largest absolute Gasteiger partial charge is 0.378 e. The molecule has 0 saturated heterocycles. The van der Waals surface area contributed by atoms with E-state index < -0.39 is 43.3 Å². The van der Waals surface area contributed by atoms with Gasteiger partial charge in [0.2, 0.25) is 0 Å². The van der Waals surface area contributed by atoms with Crippen LogP contribution in [-0.2, 0) is 20.2 Å². The standard InChI is InChI=1S/C46H48N2O8S2/c1-7-47(8-2)37-21-15-35(16-22-37)19-29-43(49)41-31-42(44(50)30-20-36-17-23-38(24-18-36)48(9-3)10-4)46(56-58(53,54)40-27-13-34(6)14-28-40)32-45(41)55-57(51,52)39-25-11-33(5)12-26-39/h11-32H,7-10H2,1-6H3. The van der Waals surface area contributed by atoms with Crippen LogP contribution in [0, 0.1) is 13.8 Å². The summed E-state index contributed by atoms with van der Waals surface area (Å²) in [7, 11) is -9.14. The first kappa shape index (κ1) is 43.1. The fourth-order valence-electron chi connectivity index (χ4n) is 6.12. The highest BCUT2D eigenvalue weighted by molar-refractivity contribution is 7.87. The fraction of sp³-hybridized carbons (Fsp3) is 0.217. The molecular weight excluding hydrogens is 773 g/mol. The van der Waals surface area contributed by atoms with Crippen molar-refractivity contribution in [3.05, 3.63) is 155 Å². The van der Waals surface area contributed by atoms with Crippen molar-refractivity contribution in [1.82, 2.24) is 0 Å². The Bertz CT molecular complexity index is 2330. The summed E-state index contributed by atoms with van der Waals surface area (Å²) in [6, 6.07) is 28.9. The van der Waals surface area contributed by atoms with Gasteiger partial charge in [0.15, 0.2) is 23.1 Å². The minimum atomic E-state index is -4.57. The first-order valence-corrected chi connectivity index (χ1v) is 21.8. The topological polar surface area (TPSA) is 127 Å². The summed E-state index contributed by atoms with van der Waals surface area (Å²) in [6.45, 7) is 15.1. The number of allylic oxidation sites excluding steroid dienone is 2. The number of hydrogen-bond acceptors (Lipinski definition) is 10. The van der Waals surface area contributed by atoms with Crippen LogP contribution in [0.1, 0.15) is 70.7 Å². The molecule has 5 aromatic rings. The Labute approximate surface area is 342 Å². The number of anilines is 2. The minimum Gasteiger partial charge on any atom is -0.378 e. The van der Waals surface area contributed by atoms with Gasteiger partial charge in [-0.2, -0.15) is 16.8 Å². The van der Waals surface area contributed by atoms with E-state index in [1.807, 2.05) is 48.5 Å². The molecule has 0 N–H and O–H groups in total. The molecule has 0 aromatic heterocycles. The number of ketones is 2. The van der Waals surface area contributed by atoms with Gasteiger partial charge in [0, 0.05) is 43.6 Å². The molecule has 0 heterocycles. The van der Waals surface area contributed by atoms with Gasteiger partial charge in [0.05, 0.1) is 11.1 Å². The zero-order valence-corrected chi connectivity index (χ0v) is 35.1. The Hall–Kier alpha value is -5.98. The predicted molar refractivity (Wildman–Crippen MR) is 231 cm³/mol. The van der Waals surface area contributed by atoms with E-state index in [4.69, 9.17) is 8.37 Å². The summed E-state index contributed by atoms with van der Waals surface area (Å²) in [5, 5.41) is 0. The molecule has 0 spiro atoms. The summed E-state index contributed by atoms with van der Waals surface area (Å²) in [4.78, 5) is 32.0. The van der Waals surface area contributed by atoms with Crippen LogP contribution in [0.5, 0.6) is 11.5 Å². The third-order valence-electron chi connectivity index (χ3n) is 9.53. The molecule has 0 saturated carbocycles. The Balaban J connectivity index is 1.63. The number of aryl methyl sites for hydroxylation is 2. The lowest BCUT2D eigenvalue weighted by molar-refractivity contribution is 0.104. The lowest BCUT2D eigenvalue weighted by atomic mass is 10.0. The molecule has 12 heteroatoms. The summed E-state index contributed by atoms with van der Waals surface area (Å²) in [5.74, 6) is -2.48. The van der Waals surface area contributed by atoms with Crippen molar-refractivity contribution >= 4 is 55.3 Å². The Morgan fingerprint density at radius 2 is 0.828 bits per heavy atom. The van der Waals surface area contributed by atoms with E-state index in [0.29, 0.717) is 11.1 Å². The van der Waals surface area contributed by atoms with Gasteiger partial charge in [0.25, 0.3) is 0 Å². The third-order valence-corrected chi connectivity index (χ3v) is 12.0. The maximum Gasteiger partial charge on any atom is 0.339 e. The van der Waals surface area contributed by atoms with Gasteiger partial charge in [-0.05, 0) is 119 Å². The average Bonchev–Trinajstić information content (AvgIpc) is 3.21. The van der Waals surface area contributed by atoms with Crippen molar-refractivity contribution < 1.29 is 34.8 Å². The van der Waals surface area contributed by atoms with Crippen molar-refractivity contribution in [2.24, 2.45) is 0 Å². The Kier molecular flexibility index (Phi) is 14.1. The number of benzene rings is 5. The number of carbonyl (C=O) groups excluding carboxylic acids is 2. The zero-order valence-electron chi connectivity index (χ0n) is 33.5. The monoisotopic (exact) mass is 820 g/mol. The summed E-state index contributed by atoms with van der Waals surface area (Å²) in [5.41, 5.74) is 4.38. The normalized spacial score (nSPS) is 11.8. The second kappa shape index (κ2) is 19.0. The third kappa shape index (κ3) is 10.7. The molecule has 5 rings (SSSR count). The van der Waals surface area contributed by atoms with Crippen LogP contribution in [0.15, 0.2) is 131 Å². The molecule has 0 aliphatic rings. The van der Waals surface area contributed by atoms with E-state index in [9.17, 15) is 26.4 Å². The molecule has 0 aliphatic carbocycles. The van der Waals surface area contributed by atoms with Crippen LogP contribution in [-0.4, -0.2) is 54.6 Å². The number of rotatable bonds is 18. The maximum absolute atomic E-state index is 14.1. The lowest BCUT2D eigenvalue weighted by Gasteiger charge is -2.20. The molecule has 0 bridgehead atoms. The van der Waals surface area contributed by atoms with E-state index in [1.165, 1.54) is 36.4 Å². The van der Waals surface area contributed by atoms with Gasteiger partial charge < -0.3 is 18.2 Å². The average molecular weight is 821 g/mol. The van der Waals surface area contributed by atoms with Crippen LogP contribution in [0.4, 0.5) is 11.4 Å². The predicted octanol–water partition coefficient (Wildman–Crippen LogP) is 9.32. The smallest absolute Gasteiger partial charge is 0.339 e. The summed E-state index contributed by atoms with van der Waals surface area (Å²) < 4.78 is 65.7. The molecule has 0 radical (unpaired) electrons. The highest BCUT2D eigenvalue weighted by Gasteiger charge is 2.28. The van der Waals surface area contributed by atoms with Crippen LogP contribution in [0.3, 0.4) is 0 Å². The first-order valence-electron chi connectivity index (χ1n) is 19.0. The quantitative estimate of drug-likeness (QED) is 0.0480. The van der Waals surface area contributed by atoms with Gasteiger partial charge in [-0.3, -0.25) is 9.59 Å². The van der Waals surface area contributed by atoms with Crippen molar-refractivity contribution in [1.29, 1.82) is 0 Å². The van der Waals surface area contributed by atoms with Gasteiger partial charge in [0.1, 0.15) is 9.79 Å². The molecule has 5 aromatic carbocycles. The molecule has 0 fully saturated rings. The van der Waals surface area contributed by atoms with Crippen LogP contribution in [0.2, 0.25) is 0 Å². The van der Waals surface area contributed by atoms with E-state index in [-0.39, 0.29) is 20.9 Å². The van der Waals surface area contributed by atoms with Gasteiger partial charge in [-0.15, -0.1) is 0 Å². The van der Waals surface area contributed by atoms with Crippen LogP contribution in [0.25, 0.3) is 12.2 Å². The fourth-order valence-corrected chi connectivity index (χ4v) is 8.00. The van der Waals surface area contributed by atoms with E-state index in [1.54, 1.807) is 50.3 Å². The minimum absolute atomic E-state index is 0.204. The molecular formula is C46H48N2O8S2. The number of hydrogen-bond donors (Lipinski definition) is 0. The number of nitrogens with zero attached hydrogens (tertiary/aromatic N) is 2.